The number of rotatable bonds is 4. The van der Waals surface area contributed by atoms with Crippen LogP contribution in [0.1, 0.15) is 37.7 Å². The average molecular weight is 502 g/mol. The molecular weight excluding hydrogens is 471 g/mol. The zero-order valence-corrected chi connectivity index (χ0v) is 20.0. The van der Waals surface area contributed by atoms with Gasteiger partial charge in [-0.25, -0.2) is 4.98 Å². The molecule has 3 fully saturated rings. The van der Waals surface area contributed by atoms with E-state index in [0.717, 1.165) is 35.7 Å². The van der Waals surface area contributed by atoms with Crippen LogP contribution in [0.4, 0.5) is 36.1 Å². The van der Waals surface area contributed by atoms with Crippen LogP contribution in [0.15, 0.2) is 36.5 Å². The average Bonchev–Trinajstić information content (AvgIpc) is 3.57. The second-order valence-electron chi connectivity index (χ2n) is 10.3. The van der Waals surface area contributed by atoms with Gasteiger partial charge in [-0.05, 0) is 56.4 Å². The molecule has 1 aromatic carbocycles. The predicted molar refractivity (Wildman–Crippen MR) is 130 cm³/mol. The maximum Gasteiger partial charge on any atom is 0.406 e. The molecule has 2 N–H and O–H groups in total. The number of alkyl halides is 3. The molecule has 0 unspecified atom stereocenters. The Morgan fingerprint density at radius 3 is 2.72 bits per heavy atom. The Balaban J connectivity index is 1.27. The maximum absolute atomic E-state index is 13.9. The topological polar surface area (TPSA) is 69.7 Å². The number of ether oxygens (including phenoxy) is 1. The third-order valence-electron chi connectivity index (χ3n) is 7.94. The number of benzene rings is 1. The van der Waals surface area contributed by atoms with Crippen LogP contribution in [0, 0.1) is 5.92 Å². The molecular formula is C26H30F3N5O2. The molecule has 4 aliphatic rings. The number of carbonyl (C=O) groups excluding carboxylic acids is 1. The minimum atomic E-state index is -4.25. The minimum Gasteiger partial charge on any atom is -0.378 e. The number of aromatic nitrogens is 1. The standard InChI is InChI=1S/C26H30F3N5O2/c27-26(28,29)25(7-8-25)32-19-4-3-17(14-19)24(35)34-16-18-2-1-9-30-23(18)31-21-6-5-20(15-22(21)34)33-10-12-36-13-11-33/h1-2,5-6,9,15,17,19,32H,3-4,7-8,10-14,16H2,(H,30,31)/t17-,19+/m0/s1. The number of carbonyl (C=O) groups is 1. The van der Waals surface area contributed by atoms with Crippen molar-refractivity contribution in [3.63, 3.8) is 0 Å². The Morgan fingerprint density at radius 2 is 1.97 bits per heavy atom. The quantitative estimate of drug-likeness (QED) is 0.649. The summed E-state index contributed by atoms with van der Waals surface area (Å²) in [5.74, 6) is 0.333. The molecule has 1 aromatic heterocycles. The lowest BCUT2D eigenvalue weighted by Gasteiger charge is -2.31. The Hall–Kier alpha value is -2.85. The highest BCUT2D eigenvalue weighted by Gasteiger charge is 2.64. The van der Waals surface area contributed by atoms with Crippen LogP contribution in [0.2, 0.25) is 0 Å². The van der Waals surface area contributed by atoms with E-state index in [1.807, 2.05) is 30.3 Å². The van der Waals surface area contributed by atoms with Crippen molar-refractivity contribution in [3.8, 4) is 0 Å². The third-order valence-corrected chi connectivity index (χ3v) is 7.94. The summed E-state index contributed by atoms with van der Waals surface area (Å²) in [5.41, 5.74) is 1.72. The summed E-state index contributed by atoms with van der Waals surface area (Å²) in [6.45, 7) is 3.22. The van der Waals surface area contributed by atoms with Crippen molar-refractivity contribution in [1.29, 1.82) is 0 Å². The summed E-state index contributed by atoms with van der Waals surface area (Å²) in [4.78, 5) is 22.4. The van der Waals surface area contributed by atoms with Crippen LogP contribution in [-0.2, 0) is 16.1 Å². The van der Waals surface area contributed by atoms with Gasteiger partial charge in [0.25, 0.3) is 0 Å². The molecule has 0 radical (unpaired) electrons. The van der Waals surface area contributed by atoms with Crippen LogP contribution in [0.25, 0.3) is 0 Å². The highest BCUT2D eigenvalue weighted by molar-refractivity contribution is 6.00. The number of hydrogen-bond acceptors (Lipinski definition) is 6. The SMILES string of the molecule is O=C([C@H]1CC[C@@H](NC2(C(F)(F)F)CC2)C1)N1Cc2cccnc2Nc2ccc(N3CCOCC3)cc21. The van der Waals surface area contributed by atoms with Gasteiger partial charge in [0.05, 0.1) is 31.1 Å². The van der Waals surface area contributed by atoms with Gasteiger partial charge in [-0.1, -0.05) is 6.07 Å². The van der Waals surface area contributed by atoms with Gasteiger partial charge in [-0.3, -0.25) is 4.79 Å². The van der Waals surface area contributed by atoms with E-state index in [0.29, 0.717) is 44.8 Å². The molecule has 2 saturated carbocycles. The van der Waals surface area contributed by atoms with E-state index >= 15 is 0 Å². The number of amides is 1. The van der Waals surface area contributed by atoms with E-state index in [4.69, 9.17) is 4.74 Å². The van der Waals surface area contributed by atoms with Gasteiger partial charge in [-0.15, -0.1) is 0 Å². The summed E-state index contributed by atoms with van der Waals surface area (Å²) in [5, 5.41) is 6.24. The van der Waals surface area contributed by atoms with E-state index in [9.17, 15) is 18.0 Å². The molecule has 2 aliphatic heterocycles. The fourth-order valence-electron chi connectivity index (χ4n) is 5.71. The monoisotopic (exact) mass is 501 g/mol. The highest BCUT2D eigenvalue weighted by Crippen LogP contribution is 2.50. The van der Waals surface area contributed by atoms with Gasteiger partial charge in [0.15, 0.2) is 0 Å². The Morgan fingerprint density at radius 1 is 1.17 bits per heavy atom. The molecule has 7 nitrogen and oxygen atoms in total. The lowest BCUT2D eigenvalue weighted by Crippen LogP contribution is -2.49. The first-order valence-electron chi connectivity index (χ1n) is 12.7. The summed E-state index contributed by atoms with van der Waals surface area (Å²) in [7, 11) is 0. The van der Waals surface area contributed by atoms with Crippen molar-refractivity contribution in [2.75, 3.05) is 41.4 Å². The van der Waals surface area contributed by atoms with Gasteiger partial charge < -0.3 is 25.2 Å². The molecule has 36 heavy (non-hydrogen) atoms. The van der Waals surface area contributed by atoms with Gasteiger partial charge >= 0.3 is 6.18 Å². The van der Waals surface area contributed by atoms with Gasteiger partial charge in [0.1, 0.15) is 11.4 Å². The number of anilines is 4. The highest BCUT2D eigenvalue weighted by atomic mass is 19.4. The van der Waals surface area contributed by atoms with E-state index in [1.165, 1.54) is 0 Å². The molecule has 0 spiro atoms. The van der Waals surface area contributed by atoms with Crippen LogP contribution in [0.5, 0.6) is 0 Å². The molecule has 3 heterocycles. The van der Waals surface area contributed by atoms with Gasteiger partial charge in [0.2, 0.25) is 5.91 Å². The molecule has 0 bridgehead atoms. The number of nitrogens with zero attached hydrogens (tertiary/aromatic N) is 3. The fourth-order valence-corrected chi connectivity index (χ4v) is 5.71. The number of halogens is 3. The summed E-state index contributed by atoms with van der Waals surface area (Å²) >= 11 is 0. The summed E-state index contributed by atoms with van der Waals surface area (Å²) < 4.78 is 45.9. The van der Waals surface area contributed by atoms with Crippen LogP contribution in [0.3, 0.4) is 0 Å². The van der Waals surface area contributed by atoms with Crippen LogP contribution in [-0.4, -0.2) is 55.0 Å². The molecule has 1 saturated heterocycles. The molecule has 6 rings (SSSR count). The second kappa shape index (κ2) is 8.92. The van der Waals surface area contributed by atoms with Crippen molar-refractivity contribution >= 4 is 28.8 Å². The zero-order chi connectivity index (χ0) is 24.9. The maximum atomic E-state index is 13.9. The molecule has 1 amide bonds. The van der Waals surface area contributed by atoms with E-state index in [-0.39, 0.29) is 30.7 Å². The zero-order valence-electron chi connectivity index (χ0n) is 20.0. The fraction of sp³-hybridized carbons (Fsp3) is 0.538. The second-order valence-corrected chi connectivity index (χ2v) is 10.3. The number of nitrogens with one attached hydrogen (secondary N) is 2. The number of fused-ring (bicyclic) bond motifs is 2. The van der Waals surface area contributed by atoms with Gasteiger partial charge in [0, 0.05) is 42.5 Å². The molecule has 2 aliphatic carbocycles. The lowest BCUT2D eigenvalue weighted by molar-refractivity contribution is -0.167. The lowest BCUT2D eigenvalue weighted by atomic mass is 10.0. The van der Waals surface area contributed by atoms with Gasteiger partial charge in [-0.2, -0.15) is 13.2 Å². The van der Waals surface area contributed by atoms with Crippen molar-refractivity contribution < 1.29 is 22.7 Å². The van der Waals surface area contributed by atoms with Crippen molar-refractivity contribution in [3.05, 3.63) is 42.1 Å². The van der Waals surface area contributed by atoms with Crippen LogP contribution >= 0.6 is 0 Å². The van der Waals surface area contributed by atoms with Crippen molar-refractivity contribution in [2.45, 2.75) is 56.4 Å². The van der Waals surface area contributed by atoms with Crippen LogP contribution < -0.4 is 20.4 Å². The first-order chi connectivity index (χ1) is 17.3. The number of hydrogen-bond donors (Lipinski definition) is 2. The van der Waals surface area contributed by atoms with Crippen molar-refractivity contribution in [1.82, 2.24) is 10.3 Å². The Labute approximate surface area is 208 Å². The third kappa shape index (κ3) is 4.30. The first-order valence-corrected chi connectivity index (χ1v) is 12.7. The molecule has 192 valence electrons. The summed E-state index contributed by atoms with van der Waals surface area (Å²) in [6.07, 6.45) is -0.746. The van der Waals surface area contributed by atoms with Crippen molar-refractivity contribution in [2.24, 2.45) is 5.92 Å². The number of pyridine rings is 1. The molecule has 2 aromatic rings. The van der Waals surface area contributed by atoms with E-state index in [2.05, 4.69) is 20.5 Å². The predicted octanol–water partition coefficient (Wildman–Crippen LogP) is 4.36. The largest absolute Gasteiger partial charge is 0.406 e. The molecule has 10 heteroatoms. The Bertz CT molecular complexity index is 1150. The smallest absolute Gasteiger partial charge is 0.378 e. The minimum absolute atomic E-state index is 0.0463. The molecule has 2 atom stereocenters. The van der Waals surface area contributed by atoms with E-state index < -0.39 is 11.7 Å². The normalized spacial score (nSPS) is 25.0. The Kier molecular flexibility index (Phi) is 5.83. The first kappa shape index (κ1) is 23.5. The summed E-state index contributed by atoms with van der Waals surface area (Å²) in [6, 6.07) is 9.54. The van der Waals surface area contributed by atoms with E-state index in [1.54, 1.807) is 11.1 Å². The number of morpholine rings is 1.